The Kier molecular flexibility index (Phi) is 9.82. The van der Waals surface area contributed by atoms with Crippen LogP contribution in [0, 0.1) is 10.8 Å². The Morgan fingerprint density at radius 3 is 2.17 bits per heavy atom. The number of nitrogens with zero attached hydrogens (tertiary/aromatic N) is 1. The summed E-state index contributed by atoms with van der Waals surface area (Å²) in [6.07, 6.45) is 1.14. The minimum Gasteiger partial charge on any atom is -0.464 e. The van der Waals surface area contributed by atoms with Gasteiger partial charge in [0.1, 0.15) is 6.61 Å². The number of nitrogens with one attached hydrogen (secondary N) is 1. The molecule has 0 aliphatic carbocycles. The van der Waals surface area contributed by atoms with Crippen molar-refractivity contribution >= 4 is 13.5 Å². The van der Waals surface area contributed by atoms with Gasteiger partial charge in [0, 0.05) is 25.8 Å². The van der Waals surface area contributed by atoms with E-state index in [0.29, 0.717) is 12.7 Å². The van der Waals surface area contributed by atoms with Crippen molar-refractivity contribution in [1.29, 1.82) is 0 Å². The first-order chi connectivity index (χ1) is 13.1. The Labute approximate surface area is 177 Å². The third-order valence-electron chi connectivity index (χ3n) is 4.50. The Morgan fingerprint density at radius 1 is 1.07 bits per heavy atom. The average molecular weight is 435 g/mol. The van der Waals surface area contributed by atoms with Crippen LogP contribution in [-0.2, 0) is 23.4 Å². The summed E-state index contributed by atoms with van der Waals surface area (Å²) in [5, 5.41) is 3.03. The van der Waals surface area contributed by atoms with E-state index in [-0.39, 0.29) is 18.0 Å². The molecule has 1 unspecified atom stereocenters. The summed E-state index contributed by atoms with van der Waals surface area (Å²) in [6.45, 7) is 20.2. The van der Waals surface area contributed by atoms with Crippen LogP contribution in [0.15, 0.2) is 0 Å². The maximum absolute atomic E-state index is 13.3. The first-order valence-electron chi connectivity index (χ1n) is 10.6. The van der Waals surface area contributed by atoms with Crippen LogP contribution in [0.3, 0.4) is 0 Å². The predicted molar refractivity (Wildman–Crippen MR) is 117 cm³/mol. The van der Waals surface area contributed by atoms with Crippen LogP contribution in [0.25, 0.3) is 0 Å². The zero-order valence-electron chi connectivity index (χ0n) is 19.8. The molecule has 1 fully saturated rings. The first kappa shape index (κ1) is 26.6. The van der Waals surface area contributed by atoms with E-state index >= 15 is 0 Å². The average Bonchev–Trinajstić information content (AvgIpc) is 2.54. The summed E-state index contributed by atoms with van der Waals surface area (Å²) < 4.78 is 30.0. The minimum atomic E-state index is -3.05. The molecule has 0 spiro atoms. The highest BCUT2D eigenvalue weighted by Gasteiger charge is 2.34. The van der Waals surface area contributed by atoms with Crippen LogP contribution < -0.4 is 5.09 Å². The molecule has 7 nitrogen and oxygen atoms in total. The zero-order chi connectivity index (χ0) is 22.3. The number of ether oxygens (including phenoxy) is 2. The maximum Gasteiger partial charge on any atom is 0.311 e. The van der Waals surface area contributed by atoms with Crippen LogP contribution in [0.1, 0.15) is 61.8 Å². The van der Waals surface area contributed by atoms with Gasteiger partial charge >= 0.3 is 5.97 Å². The molecule has 1 aliphatic heterocycles. The molecule has 1 N–H and O–H groups in total. The largest absolute Gasteiger partial charge is 0.464 e. The second-order valence-corrected chi connectivity index (χ2v) is 12.9. The van der Waals surface area contributed by atoms with Crippen molar-refractivity contribution in [3.63, 3.8) is 0 Å². The van der Waals surface area contributed by atoms with Gasteiger partial charge in [-0.3, -0.25) is 14.3 Å². The topological polar surface area (TPSA) is 77.1 Å². The van der Waals surface area contributed by atoms with Crippen molar-refractivity contribution in [3.05, 3.63) is 0 Å². The molecule has 0 amide bonds. The lowest BCUT2D eigenvalue weighted by molar-refractivity contribution is -0.154. The molecular weight excluding hydrogens is 391 g/mol. The monoisotopic (exact) mass is 434 g/mol. The smallest absolute Gasteiger partial charge is 0.311 e. The van der Waals surface area contributed by atoms with E-state index < -0.39 is 18.5 Å². The van der Waals surface area contributed by atoms with Gasteiger partial charge in [0.25, 0.3) is 7.52 Å². The summed E-state index contributed by atoms with van der Waals surface area (Å²) >= 11 is 0. The Balaban J connectivity index is 2.47. The molecule has 1 heterocycles. The fourth-order valence-corrected chi connectivity index (χ4v) is 5.91. The molecule has 0 aromatic rings. The van der Waals surface area contributed by atoms with Crippen LogP contribution in [-0.4, -0.2) is 68.6 Å². The van der Waals surface area contributed by atoms with Crippen LogP contribution in [0.2, 0.25) is 0 Å². The second kappa shape index (κ2) is 10.7. The molecule has 8 heteroatoms. The van der Waals surface area contributed by atoms with Gasteiger partial charge in [-0.05, 0) is 53.0 Å². The van der Waals surface area contributed by atoms with E-state index in [1.807, 2.05) is 55.4 Å². The SMILES string of the molecule is CC(C)(C)CP(=O)(NCCOC(=O)C(C)(C)CCN1CCOCC1)OC(C)(C)C. The van der Waals surface area contributed by atoms with E-state index in [4.69, 9.17) is 14.0 Å². The van der Waals surface area contributed by atoms with Crippen molar-refractivity contribution in [3.8, 4) is 0 Å². The fourth-order valence-electron chi connectivity index (χ4n) is 3.11. The summed E-state index contributed by atoms with van der Waals surface area (Å²) in [4.78, 5) is 14.8. The normalized spacial score (nSPS) is 19.0. The van der Waals surface area contributed by atoms with Crippen LogP contribution in [0.4, 0.5) is 0 Å². The summed E-state index contributed by atoms with van der Waals surface area (Å²) in [5.41, 5.74) is -1.23. The van der Waals surface area contributed by atoms with Gasteiger partial charge in [-0.1, -0.05) is 20.8 Å². The first-order valence-corrected chi connectivity index (χ1v) is 12.5. The van der Waals surface area contributed by atoms with Gasteiger partial charge in [-0.2, -0.15) is 0 Å². The number of hydrogen-bond acceptors (Lipinski definition) is 6. The number of morpholine rings is 1. The number of esters is 1. The molecule has 29 heavy (non-hydrogen) atoms. The predicted octanol–water partition coefficient (Wildman–Crippen LogP) is 3.92. The van der Waals surface area contributed by atoms with E-state index in [9.17, 15) is 9.36 Å². The van der Waals surface area contributed by atoms with Crippen molar-refractivity contribution in [1.82, 2.24) is 9.99 Å². The Morgan fingerprint density at radius 2 is 1.66 bits per heavy atom. The molecule has 1 saturated heterocycles. The number of rotatable bonds is 10. The number of carbonyl (C=O) groups is 1. The zero-order valence-corrected chi connectivity index (χ0v) is 20.7. The third kappa shape index (κ3) is 11.5. The number of hydrogen-bond donors (Lipinski definition) is 1. The van der Waals surface area contributed by atoms with E-state index in [1.54, 1.807) is 0 Å². The standard InChI is InChI=1S/C21H43N2O5P/c1-19(2,3)17-29(25,28-20(4,5)6)22-10-14-27-18(24)21(7,8)9-11-23-12-15-26-16-13-23/h9-17H2,1-8H3,(H,22,25). The number of carbonyl (C=O) groups excluding carboxylic acids is 1. The van der Waals surface area contributed by atoms with E-state index in [0.717, 1.165) is 39.3 Å². The third-order valence-corrected chi connectivity index (χ3v) is 7.41. The molecule has 0 radical (unpaired) electrons. The van der Waals surface area contributed by atoms with E-state index in [1.165, 1.54) is 0 Å². The van der Waals surface area contributed by atoms with Crippen molar-refractivity contribution in [2.45, 2.75) is 67.4 Å². The summed E-state index contributed by atoms with van der Waals surface area (Å²) in [6, 6.07) is 0. The van der Waals surface area contributed by atoms with Gasteiger partial charge in [0.2, 0.25) is 0 Å². The quantitative estimate of drug-likeness (QED) is 0.317. The highest BCUT2D eigenvalue weighted by Crippen LogP contribution is 2.50. The summed E-state index contributed by atoms with van der Waals surface area (Å²) in [7, 11) is -3.05. The van der Waals surface area contributed by atoms with Gasteiger partial charge in [0.05, 0.1) is 24.2 Å². The van der Waals surface area contributed by atoms with Crippen molar-refractivity contribution in [2.24, 2.45) is 10.8 Å². The van der Waals surface area contributed by atoms with Gasteiger partial charge in [-0.25, -0.2) is 5.09 Å². The lowest BCUT2D eigenvalue weighted by Gasteiger charge is -2.32. The van der Waals surface area contributed by atoms with Crippen LogP contribution >= 0.6 is 7.52 Å². The van der Waals surface area contributed by atoms with Gasteiger partial charge < -0.3 is 14.0 Å². The summed E-state index contributed by atoms with van der Waals surface area (Å²) in [5.74, 6) is -0.227. The minimum absolute atomic E-state index is 0.147. The molecule has 1 rings (SSSR count). The second-order valence-electron chi connectivity index (χ2n) is 10.7. The molecule has 0 bridgehead atoms. The molecule has 1 atom stereocenters. The molecule has 1 aliphatic rings. The molecular formula is C21H43N2O5P. The molecule has 0 aromatic heterocycles. The molecule has 0 aromatic carbocycles. The fraction of sp³-hybridized carbons (Fsp3) is 0.952. The lowest BCUT2D eigenvalue weighted by Crippen LogP contribution is -2.40. The highest BCUT2D eigenvalue weighted by atomic mass is 31.2. The molecule has 172 valence electrons. The Hall–Kier alpha value is -0.460. The maximum atomic E-state index is 13.3. The van der Waals surface area contributed by atoms with Crippen molar-refractivity contribution < 1.29 is 23.4 Å². The van der Waals surface area contributed by atoms with E-state index in [2.05, 4.69) is 9.99 Å². The Bertz CT molecular complexity index is 540. The molecule has 0 saturated carbocycles. The van der Waals surface area contributed by atoms with Gasteiger partial charge in [-0.15, -0.1) is 0 Å². The van der Waals surface area contributed by atoms with Gasteiger partial charge in [0.15, 0.2) is 0 Å². The van der Waals surface area contributed by atoms with Crippen LogP contribution in [0.5, 0.6) is 0 Å². The lowest BCUT2D eigenvalue weighted by atomic mass is 9.89. The van der Waals surface area contributed by atoms with Crippen molar-refractivity contribution in [2.75, 3.05) is 52.2 Å². The highest BCUT2D eigenvalue weighted by molar-refractivity contribution is 7.56.